The fraction of sp³-hybridized carbons (Fsp3) is 0.412. The molecular weight excluding hydrogens is 282 g/mol. The van der Waals surface area contributed by atoms with E-state index in [-0.39, 0.29) is 11.5 Å². The molecule has 1 saturated heterocycles. The number of carbonyl (C=O) groups is 1. The molecule has 1 fully saturated rings. The van der Waals surface area contributed by atoms with Crippen molar-refractivity contribution in [2.75, 3.05) is 20.2 Å². The van der Waals surface area contributed by atoms with E-state index in [9.17, 15) is 9.59 Å². The van der Waals surface area contributed by atoms with E-state index in [1.54, 1.807) is 36.3 Å². The molecule has 5 nitrogen and oxygen atoms in total. The Morgan fingerprint density at radius 3 is 2.55 bits per heavy atom. The van der Waals surface area contributed by atoms with Gasteiger partial charge in [-0.05, 0) is 37.1 Å². The second kappa shape index (κ2) is 6.22. The Balaban J connectivity index is 1.99. The molecule has 2 aromatic rings. The number of methoxy groups -OCH3 is 1. The van der Waals surface area contributed by atoms with Gasteiger partial charge >= 0.3 is 5.63 Å². The van der Waals surface area contributed by atoms with Gasteiger partial charge < -0.3 is 14.1 Å². The first kappa shape index (κ1) is 14.6. The third kappa shape index (κ3) is 2.84. The van der Waals surface area contributed by atoms with Gasteiger partial charge in [-0.1, -0.05) is 12.8 Å². The van der Waals surface area contributed by atoms with Crippen LogP contribution in [0.1, 0.15) is 36.0 Å². The van der Waals surface area contributed by atoms with Gasteiger partial charge in [-0.15, -0.1) is 0 Å². The summed E-state index contributed by atoms with van der Waals surface area (Å²) in [6.07, 6.45) is 4.23. The SMILES string of the molecule is COc1ccc2oc(=O)c(C(=O)N3CCCCCC3)cc2c1. The summed E-state index contributed by atoms with van der Waals surface area (Å²) in [4.78, 5) is 26.5. The van der Waals surface area contributed by atoms with E-state index in [1.165, 1.54) is 0 Å². The van der Waals surface area contributed by atoms with E-state index < -0.39 is 5.63 Å². The smallest absolute Gasteiger partial charge is 0.349 e. The normalized spacial score (nSPS) is 15.6. The van der Waals surface area contributed by atoms with Gasteiger partial charge in [-0.2, -0.15) is 0 Å². The largest absolute Gasteiger partial charge is 0.497 e. The molecule has 1 aliphatic heterocycles. The summed E-state index contributed by atoms with van der Waals surface area (Å²) in [5.41, 5.74) is -0.0206. The molecule has 1 aliphatic rings. The molecule has 0 atom stereocenters. The van der Waals surface area contributed by atoms with Gasteiger partial charge in [0.1, 0.15) is 16.9 Å². The molecule has 5 heteroatoms. The average molecular weight is 301 g/mol. The lowest BCUT2D eigenvalue weighted by Gasteiger charge is -2.19. The maximum absolute atomic E-state index is 12.6. The van der Waals surface area contributed by atoms with Crippen molar-refractivity contribution >= 4 is 16.9 Å². The first-order chi connectivity index (χ1) is 10.7. The van der Waals surface area contributed by atoms with Gasteiger partial charge in [0.25, 0.3) is 5.91 Å². The zero-order valence-corrected chi connectivity index (χ0v) is 12.6. The molecule has 0 unspecified atom stereocenters. The number of fused-ring (bicyclic) bond motifs is 1. The first-order valence-electron chi connectivity index (χ1n) is 7.60. The Kier molecular flexibility index (Phi) is 4.13. The van der Waals surface area contributed by atoms with Crippen molar-refractivity contribution < 1.29 is 13.9 Å². The van der Waals surface area contributed by atoms with Gasteiger partial charge in [-0.25, -0.2) is 4.79 Å². The van der Waals surface area contributed by atoms with Crippen LogP contribution < -0.4 is 10.4 Å². The summed E-state index contributed by atoms with van der Waals surface area (Å²) in [5.74, 6) is 0.426. The van der Waals surface area contributed by atoms with Crippen LogP contribution in [0.15, 0.2) is 33.5 Å². The maximum Gasteiger partial charge on any atom is 0.349 e. The summed E-state index contributed by atoms with van der Waals surface area (Å²) in [6.45, 7) is 1.41. The second-order valence-electron chi connectivity index (χ2n) is 5.56. The van der Waals surface area contributed by atoms with Gasteiger partial charge in [0.15, 0.2) is 0 Å². The molecule has 2 heterocycles. The standard InChI is InChI=1S/C17H19NO4/c1-21-13-6-7-15-12(10-13)11-14(17(20)22-15)16(19)18-8-4-2-3-5-9-18/h6-7,10-11H,2-5,8-9H2,1H3. The fourth-order valence-corrected chi connectivity index (χ4v) is 2.82. The molecule has 1 aromatic carbocycles. The molecule has 116 valence electrons. The quantitative estimate of drug-likeness (QED) is 0.800. The number of carbonyl (C=O) groups excluding carboxylic acids is 1. The molecule has 0 aliphatic carbocycles. The predicted octanol–water partition coefficient (Wildman–Crippen LogP) is 2.82. The van der Waals surface area contributed by atoms with Crippen molar-refractivity contribution in [2.24, 2.45) is 0 Å². The fourth-order valence-electron chi connectivity index (χ4n) is 2.82. The van der Waals surface area contributed by atoms with Crippen LogP contribution in [0.3, 0.4) is 0 Å². The van der Waals surface area contributed by atoms with E-state index in [2.05, 4.69) is 0 Å². The Morgan fingerprint density at radius 1 is 1.14 bits per heavy atom. The van der Waals surface area contributed by atoms with Gasteiger partial charge in [0.05, 0.1) is 7.11 Å². The van der Waals surface area contributed by atoms with Crippen molar-refractivity contribution in [1.29, 1.82) is 0 Å². The molecule has 0 saturated carbocycles. The van der Waals surface area contributed by atoms with Crippen LogP contribution >= 0.6 is 0 Å². The number of likely N-dealkylation sites (tertiary alicyclic amines) is 1. The summed E-state index contributed by atoms with van der Waals surface area (Å²) >= 11 is 0. The monoisotopic (exact) mass is 301 g/mol. The Morgan fingerprint density at radius 2 is 1.86 bits per heavy atom. The lowest BCUT2D eigenvalue weighted by Crippen LogP contribution is -2.34. The minimum Gasteiger partial charge on any atom is -0.497 e. The van der Waals surface area contributed by atoms with Crippen molar-refractivity contribution in [3.63, 3.8) is 0 Å². The number of nitrogens with zero attached hydrogens (tertiary/aromatic N) is 1. The Labute approximate surface area is 128 Å². The first-order valence-corrected chi connectivity index (χ1v) is 7.60. The molecule has 0 radical (unpaired) electrons. The number of benzene rings is 1. The highest BCUT2D eigenvalue weighted by molar-refractivity contribution is 5.96. The van der Waals surface area contributed by atoms with Crippen LogP contribution in [0.2, 0.25) is 0 Å². The summed E-state index contributed by atoms with van der Waals surface area (Å²) in [7, 11) is 1.57. The third-order valence-electron chi connectivity index (χ3n) is 4.06. The van der Waals surface area contributed by atoms with E-state index >= 15 is 0 Å². The van der Waals surface area contributed by atoms with Crippen molar-refractivity contribution in [1.82, 2.24) is 4.90 Å². The highest BCUT2D eigenvalue weighted by atomic mass is 16.5. The van der Waals surface area contributed by atoms with E-state index in [0.29, 0.717) is 29.8 Å². The molecule has 0 bridgehead atoms. The van der Waals surface area contributed by atoms with Gasteiger partial charge in [0, 0.05) is 18.5 Å². The molecule has 1 amide bonds. The van der Waals surface area contributed by atoms with Crippen LogP contribution in [-0.4, -0.2) is 31.0 Å². The Bertz CT molecular complexity index is 742. The van der Waals surface area contributed by atoms with E-state index in [4.69, 9.17) is 9.15 Å². The Hall–Kier alpha value is -2.30. The van der Waals surface area contributed by atoms with Crippen LogP contribution in [0.4, 0.5) is 0 Å². The molecule has 0 spiro atoms. The van der Waals surface area contributed by atoms with Crippen LogP contribution in [0.25, 0.3) is 11.0 Å². The summed E-state index contributed by atoms with van der Waals surface area (Å²) < 4.78 is 10.4. The van der Waals surface area contributed by atoms with Crippen LogP contribution in [0.5, 0.6) is 5.75 Å². The topological polar surface area (TPSA) is 59.8 Å². The number of rotatable bonds is 2. The lowest BCUT2D eigenvalue weighted by molar-refractivity contribution is 0.0757. The van der Waals surface area contributed by atoms with E-state index in [0.717, 1.165) is 25.7 Å². The van der Waals surface area contributed by atoms with Gasteiger partial charge in [0.2, 0.25) is 0 Å². The highest BCUT2D eigenvalue weighted by Crippen LogP contribution is 2.21. The summed E-state index contributed by atoms with van der Waals surface area (Å²) in [6, 6.07) is 6.77. The minimum atomic E-state index is -0.577. The van der Waals surface area contributed by atoms with Crippen LogP contribution in [0, 0.1) is 0 Å². The molecule has 22 heavy (non-hydrogen) atoms. The molecule has 1 aromatic heterocycles. The highest BCUT2D eigenvalue weighted by Gasteiger charge is 2.21. The van der Waals surface area contributed by atoms with E-state index in [1.807, 2.05) is 0 Å². The second-order valence-corrected chi connectivity index (χ2v) is 5.56. The summed E-state index contributed by atoms with van der Waals surface area (Å²) in [5, 5.41) is 0.692. The predicted molar refractivity (Wildman–Crippen MR) is 83.4 cm³/mol. The zero-order valence-electron chi connectivity index (χ0n) is 12.6. The third-order valence-corrected chi connectivity index (χ3v) is 4.06. The minimum absolute atomic E-state index is 0.0997. The number of hydrogen-bond donors (Lipinski definition) is 0. The zero-order chi connectivity index (χ0) is 15.5. The van der Waals surface area contributed by atoms with Crippen molar-refractivity contribution in [3.8, 4) is 5.75 Å². The average Bonchev–Trinajstić information content (AvgIpc) is 2.82. The molecule has 0 N–H and O–H groups in total. The number of ether oxygens (including phenoxy) is 1. The number of hydrogen-bond acceptors (Lipinski definition) is 4. The van der Waals surface area contributed by atoms with Crippen molar-refractivity contribution in [3.05, 3.63) is 40.2 Å². The number of amides is 1. The van der Waals surface area contributed by atoms with Crippen LogP contribution in [-0.2, 0) is 0 Å². The molecular formula is C17H19NO4. The maximum atomic E-state index is 12.6. The van der Waals surface area contributed by atoms with Gasteiger partial charge in [-0.3, -0.25) is 4.79 Å². The lowest BCUT2D eigenvalue weighted by atomic mass is 10.1. The molecule has 3 rings (SSSR count). The van der Waals surface area contributed by atoms with Crippen molar-refractivity contribution in [2.45, 2.75) is 25.7 Å².